The Morgan fingerprint density at radius 3 is 3.00 bits per heavy atom. The van der Waals surface area contributed by atoms with Crippen molar-refractivity contribution in [1.82, 2.24) is 9.78 Å². The van der Waals surface area contributed by atoms with Crippen LogP contribution in [0.1, 0.15) is 32.6 Å². The molecule has 2 aliphatic carbocycles. The number of halogens is 1. The van der Waals surface area contributed by atoms with Gasteiger partial charge in [-0.1, -0.05) is 12.3 Å². The minimum absolute atomic E-state index is 0.182. The smallest absolute Gasteiger partial charge is 0.284 e. The summed E-state index contributed by atoms with van der Waals surface area (Å²) in [5, 5.41) is 7.60. The van der Waals surface area contributed by atoms with Crippen LogP contribution in [0.3, 0.4) is 0 Å². The average molecular weight is 350 g/mol. The Morgan fingerprint density at radius 1 is 1.57 bits per heavy atom. The second-order valence-corrected chi connectivity index (χ2v) is 7.10. The van der Waals surface area contributed by atoms with E-state index in [9.17, 15) is 4.79 Å². The molecule has 0 saturated heterocycles. The van der Waals surface area contributed by atoms with Gasteiger partial charge in [-0.3, -0.25) is 4.79 Å². The van der Waals surface area contributed by atoms with Crippen molar-refractivity contribution >= 4 is 21.6 Å². The Hall–Kier alpha value is -1.28. The number of nitrogens with one attached hydrogen (secondary N) is 1. The van der Waals surface area contributed by atoms with Crippen LogP contribution >= 0.6 is 15.9 Å². The van der Waals surface area contributed by atoms with E-state index < -0.39 is 0 Å². The highest BCUT2D eigenvalue weighted by molar-refractivity contribution is 9.10. The summed E-state index contributed by atoms with van der Waals surface area (Å²) in [5.41, 5.74) is 0.585. The Labute approximate surface area is 133 Å². The molecule has 0 spiro atoms. The number of rotatable bonds is 4. The van der Waals surface area contributed by atoms with E-state index in [1.54, 1.807) is 6.20 Å². The fourth-order valence-electron chi connectivity index (χ4n) is 4.02. The molecule has 2 saturated carbocycles. The van der Waals surface area contributed by atoms with Gasteiger partial charge in [0.1, 0.15) is 11.0 Å². The molecule has 2 fully saturated rings. The molecule has 0 aromatic carbocycles. The number of terminal acetylenes is 1. The molecule has 1 heterocycles. The first-order valence-corrected chi connectivity index (χ1v) is 8.35. The van der Waals surface area contributed by atoms with E-state index in [1.807, 2.05) is 0 Å². The first-order chi connectivity index (χ1) is 10.1. The van der Waals surface area contributed by atoms with Crippen LogP contribution < -0.4 is 10.9 Å². The SMILES string of the molecule is C#CCn1ncc(NC(C)C2CC3CCC2C3)c(Br)c1=O. The number of aromatic nitrogens is 2. The van der Waals surface area contributed by atoms with E-state index in [1.165, 1.54) is 30.4 Å². The molecule has 1 aromatic rings. The standard InChI is InChI=1S/C16H20BrN3O/c1-3-6-20-16(21)15(17)14(9-18-20)19-10(2)13-8-11-4-5-12(13)7-11/h1,9-13,19H,4-8H2,2H3. The van der Waals surface area contributed by atoms with Crippen molar-refractivity contribution in [2.24, 2.45) is 17.8 Å². The maximum atomic E-state index is 12.1. The summed E-state index contributed by atoms with van der Waals surface area (Å²) >= 11 is 3.37. The molecule has 0 aliphatic heterocycles. The second-order valence-electron chi connectivity index (χ2n) is 6.31. The molecule has 4 atom stereocenters. The number of hydrogen-bond acceptors (Lipinski definition) is 3. The summed E-state index contributed by atoms with van der Waals surface area (Å²) in [6.45, 7) is 2.41. The molecular formula is C16H20BrN3O. The topological polar surface area (TPSA) is 46.9 Å². The normalized spacial score (nSPS) is 28.3. The summed E-state index contributed by atoms with van der Waals surface area (Å²) in [7, 11) is 0. The van der Waals surface area contributed by atoms with Gasteiger partial charge < -0.3 is 5.32 Å². The van der Waals surface area contributed by atoms with Crippen LogP contribution in [-0.4, -0.2) is 15.8 Å². The van der Waals surface area contributed by atoms with Crippen molar-refractivity contribution in [3.05, 3.63) is 21.0 Å². The third-order valence-corrected chi connectivity index (χ3v) is 5.81. The molecule has 5 heteroatoms. The third kappa shape index (κ3) is 2.74. The van der Waals surface area contributed by atoms with Crippen molar-refractivity contribution in [2.75, 3.05) is 5.32 Å². The maximum Gasteiger partial charge on any atom is 0.284 e. The van der Waals surface area contributed by atoms with Gasteiger partial charge in [-0.25, -0.2) is 4.68 Å². The highest BCUT2D eigenvalue weighted by Gasteiger charge is 2.41. The Kier molecular flexibility index (Phi) is 4.08. The lowest BCUT2D eigenvalue weighted by Crippen LogP contribution is -2.32. The highest BCUT2D eigenvalue weighted by Crippen LogP contribution is 2.49. The Balaban J connectivity index is 1.74. The Bertz CT molecular complexity index is 633. The minimum Gasteiger partial charge on any atom is -0.380 e. The monoisotopic (exact) mass is 349 g/mol. The van der Waals surface area contributed by atoms with Crippen LogP contribution in [0, 0.1) is 30.1 Å². The van der Waals surface area contributed by atoms with Crippen LogP contribution in [0.15, 0.2) is 15.5 Å². The second kappa shape index (κ2) is 5.84. The first-order valence-electron chi connectivity index (χ1n) is 7.55. The lowest BCUT2D eigenvalue weighted by Gasteiger charge is -2.29. The summed E-state index contributed by atoms with van der Waals surface area (Å²) in [6, 6.07) is 0.362. The predicted molar refractivity (Wildman–Crippen MR) is 87.1 cm³/mol. The fraction of sp³-hybridized carbons (Fsp3) is 0.625. The molecule has 3 rings (SSSR count). The van der Waals surface area contributed by atoms with Gasteiger partial charge in [0, 0.05) is 6.04 Å². The molecule has 2 aliphatic rings. The van der Waals surface area contributed by atoms with Crippen LogP contribution in [0.4, 0.5) is 5.69 Å². The van der Waals surface area contributed by atoms with Crippen molar-refractivity contribution < 1.29 is 0 Å². The molecule has 4 nitrogen and oxygen atoms in total. The number of fused-ring (bicyclic) bond motifs is 2. The molecule has 1 aromatic heterocycles. The molecule has 1 N–H and O–H groups in total. The van der Waals surface area contributed by atoms with Gasteiger partial charge >= 0.3 is 0 Å². The van der Waals surface area contributed by atoms with Crippen molar-refractivity contribution in [1.29, 1.82) is 0 Å². The molecule has 21 heavy (non-hydrogen) atoms. The summed E-state index contributed by atoms with van der Waals surface area (Å²) < 4.78 is 1.81. The summed E-state index contributed by atoms with van der Waals surface area (Å²) in [4.78, 5) is 12.1. The minimum atomic E-state index is -0.182. The van der Waals surface area contributed by atoms with Crippen molar-refractivity contribution in [2.45, 2.75) is 45.2 Å². The van der Waals surface area contributed by atoms with Crippen LogP contribution in [-0.2, 0) is 6.54 Å². The quantitative estimate of drug-likeness (QED) is 0.850. The van der Waals surface area contributed by atoms with Gasteiger partial charge in [-0.05, 0) is 59.9 Å². The van der Waals surface area contributed by atoms with Crippen LogP contribution in [0.25, 0.3) is 0 Å². The van der Waals surface area contributed by atoms with E-state index in [0.717, 1.165) is 17.5 Å². The first kappa shape index (κ1) is 14.6. The van der Waals surface area contributed by atoms with Gasteiger partial charge in [0.15, 0.2) is 0 Å². The average Bonchev–Trinajstić information content (AvgIpc) is 3.09. The van der Waals surface area contributed by atoms with E-state index >= 15 is 0 Å². The van der Waals surface area contributed by atoms with Gasteiger partial charge in [0.2, 0.25) is 0 Å². The van der Waals surface area contributed by atoms with Crippen molar-refractivity contribution in [3.63, 3.8) is 0 Å². The molecule has 112 valence electrons. The zero-order valence-corrected chi connectivity index (χ0v) is 13.8. The van der Waals surface area contributed by atoms with E-state index in [4.69, 9.17) is 6.42 Å². The molecule has 0 amide bonds. The van der Waals surface area contributed by atoms with Crippen LogP contribution in [0.5, 0.6) is 0 Å². The van der Waals surface area contributed by atoms with Gasteiger partial charge in [0.25, 0.3) is 5.56 Å². The van der Waals surface area contributed by atoms with E-state index in [-0.39, 0.29) is 12.1 Å². The van der Waals surface area contributed by atoms with Crippen molar-refractivity contribution in [3.8, 4) is 12.3 Å². The fourth-order valence-corrected chi connectivity index (χ4v) is 4.44. The van der Waals surface area contributed by atoms with Gasteiger partial charge in [-0.15, -0.1) is 6.42 Å². The third-order valence-electron chi connectivity index (χ3n) is 5.04. The molecule has 4 unspecified atom stereocenters. The van der Waals surface area contributed by atoms with Gasteiger partial charge in [0.05, 0.1) is 11.9 Å². The number of anilines is 1. The lowest BCUT2D eigenvalue weighted by atomic mass is 9.84. The number of hydrogen-bond donors (Lipinski definition) is 1. The zero-order chi connectivity index (χ0) is 15.0. The summed E-state index contributed by atoms with van der Waals surface area (Å²) in [6.07, 6.45) is 12.4. The van der Waals surface area contributed by atoms with E-state index in [2.05, 4.69) is 39.2 Å². The van der Waals surface area contributed by atoms with E-state index in [0.29, 0.717) is 16.4 Å². The predicted octanol–water partition coefficient (Wildman–Crippen LogP) is 2.88. The molecule has 2 bridgehead atoms. The lowest BCUT2D eigenvalue weighted by molar-refractivity contribution is 0.304. The number of nitrogens with zero attached hydrogens (tertiary/aromatic N) is 2. The highest BCUT2D eigenvalue weighted by atomic mass is 79.9. The Morgan fingerprint density at radius 2 is 2.38 bits per heavy atom. The molecule has 0 radical (unpaired) electrons. The zero-order valence-electron chi connectivity index (χ0n) is 12.2. The van der Waals surface area contributed by atoms with Crippen LogP contribution in [0.2, 0.25) is 0 Å². The molecular weight excluding hydrogens is 330 g/mol. The maximum absolute atomic E-state index is 12.1. The summed E-state index contributed by atoms with van der Waals surface area (Å²) in [5.74, 6) is 4.92. The largest absolute Gasteiger partial charge is 0.380 e. The van der Waals surface area contributed by atoms with Gasteiger partial charge in [-0.2, -0.15) is 5.10 Å².